The minimum Gasteiger partial charge on any atom is -0.398 e. The van der Waals surface area contributed by atoms with Crippen molar-refractivity contribution >= 4 is 13.2 Å². The van der Waals surface area contributed by atoms with Gasteiger partial charge in [0.15, 0.2) is 0 Å². The van der Waals surface area contributed by atoms with Crippen molar-refractivity contribution in [2.75, 3.05) is 13.7 Å². The summed E-state index contributed by atoms with van der Waals surface area (Å²) in [5.41, 5.74) is -0.189. The molecule has 1 heterocycles. The molecule has 3 nitrogen and oxygen atoms in total. The summed E-state index contributed by atoms with van der Waals surface area (Å²) in [6, 6.07) is 7.35. The molecule has 1 saturated heterocycles. The first-order valence-electron chi connectivity index (χ1n) is 7.56. The Morgan fingerprint density at radius 3 is 2.43 bits per heavy atom. The highest BCUT2D eigenvalue weighted by Gasteiger charge is 2.53. The van der Waals surface area contributed by atoms with Crippen molar-refractivity contribution in [2.24, 2.45) is 0 Å². The standard InChI is InChI=1S/C18H22BFO3/c1-17(2)18(3,4)23-19(22-17)16(20)13-15-10-7-6-9-14(15)11-8-12-21-5/h6-7,9-10,13H,12H2,1-5H3. The highest BCUT2D eigenvalue weighted by Crippen LogP contribution is 2.39. The molecule has 0 aliphatic carbocycles. The van der Waals surface area contributed by atoms with Gasteiger partial charge in [-0.3, -0.25) is 0 Å². The summed E-state index contributed by atoms with van der Waals surface area (Å²) in [6.45, 7) is 7.90. The highest BCUT2D eigenvalue weighted by atomic mass is 19.1. The lowest BCUT2D eigenvalue weighted by atomic mass is 9.86. The molecule has 2 rings (SSSR count). The van der Waals surface area contributed by atoms with Crippen molar-refractivity contribution in [3.05, 3.63) is 41.1 Å². The van der Waals surface area contributed by atoms with Gasteiger partial charge in [-0.1, -0.05) is 30.0 Å². The largest absolute Gasteiger partial charge is 0.525 e. The number of benzene rings is 1. The Morgan fingerprint density at radius 2 is 1.83 bits per heavy atom. The van der Waals surface area contributed by atoms with E-state index in [9.17, 15) is 4.39 Å². The molecule has 122 valence electrons. The van der Waals surface area contributed by atoms with E-state index in [0.717, 1.165) is 5.56 Å². The first-order chi connectivity index (χ1) is 10.8. The van der Waals surface area contributed by atoms with Gasteiger partial charge < -0.3 is 14.0 Å². The van der Waals surface area contributed by atoms with Crippen molar-refractivity contribution in [1.82, 2.24) is 0 Å². The minimum atomic E-state index is -1.00. The molecule has 0 bridgehead atoms. The summed E-state index contributed by atoms with van der Waals surface area (Å²) in [6.07, 6.45) is 1.42. The zero-order valence-corrected chi connectivity index (χ0v) is 14.3. The van der Waals surface area contributed by atoms with Crippen molar-refractivity contribution in [2.45, 2.75) is 38.9 Å². The predicted molar refractivity (Wildman–Crippen MR) is 90.4 cm³/mol. The monoisotopic (exact) mass is 316 g/mol. The van der Waals surface area contributed by atoms with E-state index in [2.05, 4.69) is 11.8 Å². The maximum absolute atomic E-state index is 14.6. The number of hydrogen-bond donors (Lipinski definition) is 0. The number of ether oxygens (including phenoxy) is 1. The van der Waals surface area contributed by atoms with E-state index in [1.54, 1.807) is 7.11 Å². The van der Waals surface area contributed by atoms with Gasteiger partial charge >= 0.3 is 7.12 Å². The zero-order valence-electron chi connectivity index (χ0n) is 14.3. The van der Waals surface area contributed by atoms with E-state index in [0.29, 0.717) is 12.2 Å². The van der Waals surface area contributed by atoms with Crippen LogP contribution in [0.25, 0.3) is 6.08 Å². The second kappa shape index (κ2) is 6.88. The first kappa shape index (κ1) is 17.7. The van der Waals surface area contributed by atoms with Crippen LogP contribution in [0.5, 0.6) is 0 Å². The summed E-state index contributed by atoms with van der Waals surface area (Å²) in [7, 11) is 0.582. The summed E-state index contributed by atoms with van der Waals surface area (Å²) >= 11 is 0. The van der Waals surface area contributed by atoms with Crippen LogP contribution in [0.4, 0.5) is 4.39 Å². The molecule has 1 fully saturated rings. The molecular formula is C18H22BFO3. The van der Waals surface area contributed by atoms with Crippen LogP contribution in [-0.2, 0) is 14.0 Å². The fraction of sp³-hybridized carbons (Fsp3) is 0.444. The number of methoxy groups -OCH3 is 1. The topological polar surface area (TPSA) is 27.7 Å². The molecule has 0 N–H and O–H groups in total. The summed E-state index contributed by atoms with van der Waals surface area (Å²) < 4.78 is 30.9. The number of rotatable bonds is 3. The fourth-order valence-electron chi connectivity index (χ4n) is 2.11. The number of halogens is 1. The summed E-state index contributed by atoms with van der Waals surface area (Å²) in [5, 5.41) is 0. The van der Waals surface area contributed by atoms with E-state index in [1.807, 2.05) is 52.0 Å². The number of hydrogen-bond acceptors (Lipinski definition) is 3. The molecular weight excluding hydrogens is 294 g/mol. The van der Waals surface area contributed by atoms with Crippen molar-refractivity contribution in [1.29, 1.82) is 0 Å². The van der Waals surface area contributed by atoms with Crippen LogP contribution in [0.2, 0.25) is 0 Å². The van der Waals surface area contributed by atoms with E-state index < -0.39 is 24.0 Å². The lowest BCUT2D eigenvalue weighted by molar-refractivity contribution is 0.00578. The van der Waals surface area contributed by atoms with Crippen LogP contribution in [0.3, 0.4) is 0 Å². The normalized spacial score (nSPS) is 19.4. The lowest BCUT2D eigenvalue weighted by Crippen LogP contribution is -2.41. The molecule has 1 aromatic carbocycles. The molecule has 5 heteroatoms. The van der Waals surface area contributed by atoms with Crippen LogP contribution in [0, 0.1) is 11.8 Å². The molecule has 0 aromatic heterocycles. The van der Waals surface area contributed by atoms with Crippen LogP contribution in [-0.4, -0.2) is 32.0 Å². The van der Waals surface area contributed by atoms with E-state index in [4.69, 9.17) is 14.0 Å². The maximum Gasteiger partial charge on any atom is 0.525 e. The second-order valence-electron chi connectivity index (χ2n) is 6.44. The van der Waals surface area contributed by atoms with E-state index in [-0.39, 0.29) is 0 Å². The smallest absolute Gasteiger partial charge is 0.398 e. The van der Waals surface area contributed by atoms with Gasteiger partial charge in [-0.05, 0) is 45.4 Å². The van der Waals surface area contributed by atoms with Crippen LogP contribution < -0.4 is 0 Å². The fourth-order valence-corrected chi connectivity index (χ4v) is 2.11. The SMILES string of the molecule is COCC#Cc1ccccc1C=C(F)B1OC(C)(C)C(C)(C)O1. The third kappa shape index (κ3) is 4.03. The van der Waals surface area contributed by atoms with Crippen molar-refractivity contribution in [3.8, 4) is 11.8 Å². The molecule has 1 aliphatic rings. The quantitative estimate of drug-likeness (QED) is 0.629. The third-order valence-electron chi connectivity index (χ3n) is 4.17. The van der Waals surface area contributed by atoms with E-state index in [1.165, 1.54) is 6.08 Å². The highest BCUT2D eigenvalue weighted by molar-refractivity contribution is 6.54. The second-order valence-corrected chi connectivity index (χ2v) is 6.44. The van der Waals surface area contributed by atoms with Crippen molar-refractivity contribution < 1.29 is 18.4 Å². The Morgan fingerprint density at radius 1 is 1.22 bits per heavy atom. The molecule has 1 aliphatic heterocycles. The minimum absolute atomic E-state index is 0.331. The average Bonchev–Trinajstić information content (AvgIpc) is 2.69. The molecule has 0 radical (unpaired) electrons. The molecule has 0 unspecified atom stereocenters. The molecule has 0 atom stereocenters. The van der Waals surface area contributed by atoms with Gasteiger partial charge in [0.1, 0.15) is 12.3 Å². The molecule has 0 saturated carbocycles. The zero-order chi connectivity index (χ0) is 17.1. The van der Waals surface area contributed by atoms with E-state index >= 15 is 0 Å². The van der Waals surface area contributed by atoms with Gasteiger partial charge in [0.2, 0.25) is 0 Å². The lowest BCUT2D eigenvalue weighted by Gasteiger charge is -2.32. The Labute approximate surface area is 138 Å². The average molecular weight is 316 g/mol. The maximum atomic E-state index is 14.6. The first-order valence-corrected chi connectivity index (χ1v) is 7.56. The van der Waals surface area contributed by atoms with Crippen LogP contribution >= 0.6 is 0 Å². The van der Waals surface area contributed by atoms with Gasteiger partial charge in [-0.15, -0.1) is 0 Å². The Hall–Kier alpha value is -1.61. The summed E-state index contributed by atoms with van der Waals surface area (Å²) in [5.74, 6) is 5.85. The van der Waals surface area contributed by atoms with Crippen LogP contribution in [0.15, 0.2) is 30.0 Å². The Kier molecular flexibility index (Phi) is 5.31. The predicted octanol–water partition coefficient (Wildman–Crippen LogP) is 3.63. The molecule has 23 heavy (non-hydrogen) atoms. The van der Waals surface area contributed by atoms with Gasteiger partial charge in [-0.25, -0.2) is 4.39 Å². The van der Waals surface area contributed by atoms with Gasteiger partial charge in [0.05, 0.1) is 11.2 Å². The Bertz CT molecular complexity index is 640. The van der Waals surface area contributed by atoms with Gasteiger partial charge in [-0.2, -0.15) is 0 Å². The van der Waals surface area contributed by atoms with Gasteiger partial charge in [0.25, 0.3) is 0 Å². The summed E-state index contributed by atoms with van der Waals surface area (Å²) in [4.78, 5) is 0. The molecule has 1 aromatic rings. The third-order valence-corrected chi connectivity index (χ3v) is 4.17. The van der Waals surface area contributed by atoms with Gasteiger partial charge in [0, 0.05) is 12.7 Å². The van der Waals surface area contributed by atoms with Crippen LogP contribution in [0.1, 0.15) is 38.8 Å². The van der Waals surface area contributed by atoms with Crippen molar-refractivity contribution in [3.63, 3.8) is 0 Å². The Balaban J connectivity index is 2.25. The molecule has 0 spiro atoms. The molecule has 0 amide bonds.